The summed E-state index contributed by atoms with van der Waals surface area (Å²) in [5.74, 6) is 0. The van der Waals surface area contributed by atoms with Crippen LogP contribution in [0.3, 0.4) is 0 Å². The molecule has 0 aromatic heterocycles. The third-order valence-corrected chi connectivity index (χ3v) is 2.93. The van der Waals surface area contributed by atoms with Gasteiger partial charge in [-0.05, 0) is 43.2 Å². The van der Waals surface area contributed by atoms with Crippen LogP contribution >= 0.6 is 15.9 Å². The zero-order chi connectivity index (χ0) is 10.5. The van der Waals surface area contributed by atoms with Crippen molar-refractivity contribution in [3.63, 3.8) is 0 Å². The normalized spacial score (nSPS) is 19.7. The van der Waals surface area contributed by atoms with E-state index in [1.54, 1.807) is 6.26 Å². The van der Waals surface area contributed by atoms with Crippen molar-refractivity contribution in [3.8, 4) is 0 Å². The van der Waals surface area contributed by atoms with Crippen molar-refractivity contribution >= 4 is 21.6 Å². The average Bonchev–Trinajstić information content (AvgIpc) is 2.30. The molecule has 2 nitrogen and oxygen atoms in total. The zero-order valence-corrected chi connectivity index (χ0v) is 10.0. The van der Waals surface area contributed by atoms with Crippen molar-refractivity contribution in [1.82, 2.24) is 0 Å². The van der Waals surface area contributed by atoms with E-state index in [4.69, 9.17) is 4.74 Å². The Morgan fingerprint density at radius 2 is 2.13 bits per heavy atom. The Morgan fingerprint density at radius 1 is 1.33 bits per heavy atom. The molecule has 1 N–H and O–H groups in total. The van der Waals surface area contributed by atoms with Gasteiger partial charge >= 0.3 is 0 Å². The molecular weight excluding hydrogens is 254 g/mol. The van der Waals surface area contributed by atoms with Gasteiger partial charge in [0.1, 0.15) is 6.10 Å². The Hall–Kier alpha value is -0.960. The molecule has 1 aliphatic heterocycles. The maximum Gasteiger partial charge on any atom is 0.115 e. The van der Waals surface area contributed by atoms with Crippen molar-refractivity contribution in [2.45, 2.75) is 18.9 Å². The standard InChI is InChI=1S/C12H14BrNO/c13-10-4-6-11(7-5-10)14-9-12-3-1-2-8-15-12/h2,4-8,12,14H,1,3,9H2. The van der Waals surface area contributed by atoms with E-state index < -0.39 is 0 Å². The molecule has 3 heteroatoms. The van der Waals surface area contributed by atoms with E-state index in [9.17, 15) is 0 Å². The third-order valence-electron chi connectivity index (χ3n) is 2.40. The fourth-order valence-corrected chi connectivity index (χ4v) is 1.80. The summed E-state index contributed by atoms with van der Waals surface area (Å²) in [6.07, 6.45) is 6.39. The van der Waals surface area contributed by atoms with Gasteiger partial charge in [-0.15, -0.1) is 0 Å². The first-order valence-electron chi connectivity index (χ1n) is 5.14. The molecule has 1 aliphatic rings. The number of hydrogen-bond acceptors (Lipinski definition) is 2. The number of allylic oxidation sites excluding steroid dienone is 1. The van der Waals surface area contributed by atoms with Gasteiger partial charge in [-0.3, -0.25) is 0 Å². The Morgan fingerprint density at radius 3 is 2.80 bits per heavy atom. The van der Waals surface area contributed by atoms with Gasteiger partial charge in [0.15, 0.2) is 0 Å². The van der Waals surface area contributed by atoms with Gasteiger partial charge in [0, 0.05) is 10.2 Å². The molecule has 1 heterocycles. The summed E-state index contributed by atoms with van der Waals surface area (Å²) >= 11 is 3.41. The number of rotatable bonds is 3. The van der Waals surface area contributed by atoms with E-state index in [2.05, 4.69) is 39.5 Å². The predicted molar refractivity (Wildman–Crippen MR) is 65.9 cm³/mol. The lowest BCUT2D eigenvalue weighted by atomic mass is 10.1. The number of halogens is 1. The SMILES string of the molecule is Brc1ccc(NCC2CCC=CO2)cc1. The second-order valence-corrected chi connectivity index (χ2v) is 4.51. The van der Waals surface area contributed by atoms with Gasteiger partial charge in [-0.1, -0.05) is 15.9 Å². The number of hydrogen-bond donors (Lipinski definition) is 1. The molecular formula is C12H14BrNO. The summed E-state index contributed by atoms with van der Waals surface area (Å²) in [6, 6.07) is 8.18. The fraction of sp³-hybridized carbons (Fsp3) is 0.333. The molecule has 0 bridgehead atoms. The summed E-state index contributed by atoms with van der Waals surface area (Å²) in [5.41, 5.74) is 1.14. The molecule has 80 valence electrons. The lowest BCUT2D eigenvalue weighted by Gasteiger charge is -2.20. The second-order valence-electron chi connectivity index (χ2n) is 3.60. The van der Waals surface area contributed by atoms with Gasteiger partial charge in [-0.25, -0.2) is 0 Å². The Balaban J connectivity index is 1.82. The lowest BCUT2D eigenvalue weighted by Crippen LogP contribution is -2.22. The first-order chi connectivity index (χ1) is 7.34. The van der Waals surface area contributed by atoms with Crippen LogP contribution in [0.25, 0.3) is 0 Å². The van der Waals surface area contributed by atoms with Crippen LogP contribution < -0.4 is 5.32 Å². The molecule has 0 fully saturated rings. The summed E-state index contributed by atoms with van der Waals surface area (Å²) < 4.78 is 6.57. The van der Waals surface area contributed by atoms with Crippen LogP contribution in [0.2, 0.25) is 0 Å². The summed E-state index contributed by atoms with van der Waals surface area (Å²) in [6.45, 7) is 0.867. The quantitative estimate of drug-likeness (QED) is 0.905. The van der Waals surface area contributed by atoms with E-state index in [0.29, 0.717) is 6.10 Å². The van der Waals surface area contributed by atoms with Crippen LogP contribution in [-0.2, 0) is 4.74 Å². The van der Waals surface area contributed by atoms with Crippen LogP contribution in [-0.4, -0.2) is 12.6 Å². The number of nitrogens with one attached hydrogen (secondary N) is 1. The smallest absolute Gasteiger partial charge is 0.115 e. The van der Waals surface area contributed by atoms with E-state index in [-0.39, 0.29) is 0 Å². The zero-order valence-electron chi connectivity index (χ0n) is 8.45. The van der Waals surface area contributed by atoms with Crippen LogP contribution in [0.4, 0.5) is 5.69 Å². The van der Waals surface area contributed by atoms with Crippen molar-refractivity contribution in [2.24, 2.45) is 0 Å². The van der Waals surface area contributed by atoms with Crippen LogP contribution in [0, 0.1) is 0 Å². The topological polar surface area (TPSA) is 21.3 Å². The molecule has 1 aromatic carbocycles. The van der Waals surface area contributed by atoms with Gasteiger partial charge in [0.05, 0.1) is 12.8 Å². The minimum absolute atomic E-state index is 0.304. The van der Waals surface area contributed by atoms with E-state index in [1.807, 2.05) is 12.1 Å². The summed E-state index contributed by atoms with van der Waals surface area (Å²) in [7, 11) is 0. The van der Waals surface area contributed by atoms with Crippen molar-refractivity contribution < 1.29 is 4.74 Å². The molecule has 1 unspecified atom stereocenters. The number of ether oxygens (including phenoxy) is 1. The monoisotopic (exact) mass is 267 g/mol. The molecule has 0 saturated heterocycles. The number of benzene rings is 1. The molecule has 1 atom stereocenters. The number of anilines is 1. The molecule has 0 amide bonds. The highest BCUT2D eigenvalue weighted by atomic mass is 79.9. The first-order valence-corrected chi connectivity index (χ1v) is 5.94. The maximum atomic E-state index is 5.47. The van der Waals surface area contributed by atoms with Crippen LogP contribution in [0.5, 0.6) is 0 Å². The highest BCUT2D eigenvalue weighted by Crippen LogP contribution is 2.15. The molecule has 0 aliphatic carbocycles. The Labute approximate surface area is 98.5 Å². The second kappa shape index (κ2) is 5.21. The highest BCUT2D eigenvalue weighted by Gasteiger charge is 2.09. The molecule has 1 aromatic rings. The van der Waals surface area contributed by atoms with Gasteiger partial charge in [-0.2, -0.15) is 0 Å². The minimum atomic E-state index is 0.304. The predicted octanol–water partition coefficient (Wildman–Crippen LogP) is 3.55. The minimum Gasteiger partial charge on any atom is -0.497 e. The lowest BCUT2D eigenvalue weighted by molar-refractivity contribution is 0.135. The fourth-order valence-electron chi connectivity index (χ4n) is 1.53. The van der Waals surface area contributed by atoms with Crippen molar-refractivity contribution in [2.75, 3.05) is 11.9 Å². The Kier molecular flexibility index (Phi) is 3.67. The largest absolute Gasteiger partial charge is 0.497 e. The third kappa shape index (κ3) is 3.27. The molecule has 0 saturated carbocycles. The Bertz CT molecular complexity index is 334. The van der Waals surface area contributed by atoms with Crippen LogP contribution in [0.1, 0.15) is 12.8 Å². The van der Waals surface area contributed by atoms with Gasteiger partial charge < -0.3 is 10.1 Å². The van der Waals surface area contributed by atoms with E-state index in [1.165, 1.54) is 0 Å². The van der Waals surface area contributed by atoms with Crippen LogP contribution in [0.15, 0.2) is 41.1 Å². The highest BCUT2D eigenvalue weighted by molar-refractivity contribution is 9.10. The maximum absolute atomic E-state index is 5.47. The van der Waals surface area contributed by atoms with Crippen molar-refractivity contribution in [1.29, 1.82) is 0 Å². The molecule has 0 radical (unpaired) electrons. The van der Waals surface area contributed by atoms with Gasteiger partial charge in [0.25, 0.3) is 0 Å². The van der Waals surface area contributed by atoms with Gasteiger partial charge in [0.2, 0.25) is 0 Å². The van der Waals surface area contributed by atoms with E-state index in [0.717, 1.165) is 29.5 Å². The first kappa shape index (κ1) is 10.6. The summed E-state index contributed by atoms with van der Waals surface area (Å²) in [4.78, 5) is 0. The average molecular weight is 268 g/mol. The molecule has 2 rings (SSSR count). The van der Waals surface area contributed by atoms with Crippen molar-refractivity contribution in [3.05, 3.63) is 41.1 Å². The van der Waals surface area contributed by atoms with E-state index >= 15 is 0 Å². The molecule has 15 heavy (non-hydrogen) atoms. The molecule has 0 spiro atoms. The summed E-state index contributed by atoms with van der Waals surface area (Å²) in [5, 5.41) is 3.36.